The molecule has 26 rings (SSSR count). The maximum absolute atomic E-state index is 8.01. The molecule has 0 N–H and O–H groups in total. The molecule has 15 aromatic heterocycles. The summed E-state index contributed by atoms with van der Waals surface area (Å²) in [6.45, 7) is 2.12. The Labute approximate surface area is 594 Å². The van der Waals surface area contributed by atoms with Crippen LogP contribution in [0, 0.1) is 0 Å². The SMILES string of the molecule is Cn1c2[n+](c3c1cc1cnccn13)Cc1ccccc1-2.[2H]C([2H])([2H])n1c2[n+](c3c1cc1cnccn13)Cc1ccccc1-2.c1ccc(-n2c3[n+](c4c2cc2cnccn24)Cc2ccccc2-3)cc1.c1ccc2c(c1)C[n+]1c-2oc2cc3cnccn3c21.c1ccc2c(c1)C[n+]1c-2sc2cc3cnccn3c21. The van der Waals surface area contributed by atoms with Crippen LogP contribution in [0.2, 0.25) is 0 Å². The minimum atomic E-state index is -2.24. The van der Waals surface area contributed by atoms with E-state index in [1.807, 2.05) is 120 Å². The van der Waals surface area contributed by atoms with Crippen LogP contribution in [-0.2, 0) is 46.7 Å². The van der Waals surface area contributed by atoms with E-state index in [-0.39, 0.29) is 0 Å². The third-order valence-corrected chi connectivity index (χ3v) is 22.2. The summed E-state index contributed by atoms with van der Waals surface area (Å²) in [5.74, 6) is 4.23. The topological polar surface area (TPSA) is 134 Å². The Morgan fingerprint density at radius 3 is 1.31 bits per heavy atom. The van der Waals surface area contributed by atoms with Crippen LogP contribution in [0.4, 0.5) is 0 Å². The van der Waals surface area contributed by atoms with Crippen molar-refractivity contribution in [2.75, 3.05) is 0 Å². The molecule has 20 heteroatoms. The Morgan fingerprint density at radius 1 is 0.369 bits per heavy atom. The summed E-state index contributed by atoms with van der Waals surface area (Å²) >= 11 is 1.87. The number of aryl methyl sites for hydroxylation is 2. The Kier molecular flexibility index (Phi) is 11.6. The molecular weight excluding hydrogens is 1300 g/mol. The van der Waals surface area contributed by atoms with Gasteiger partial charge in [0.1, 0.15) is 52.4 Å². The van der Waals surface area contributed by atoms with Crippen molar-refractivity contribution in [2.45, 2.75) is 32.7 Å². The molecule has 0 radical (unpaired) electrons. The van der Waals surface area contributed by atoms with Crippen molar-refractivity contribution < 1.29 is 31.4 Å². The molecule has 19 nitrogen and oxygen atoms in total. The molecule has 490 valence electrons. The highest BCUT2D eigenvalue weighted by Crippen LogP contribution is 2.40. The first-order valence-corrected chi connectivity index (χ1v) is 35.1. The van der Waals surface area contributed by atoms with Crippen molar-refractivity contribution in [1.29, 1.82) is 0 Å². The lowest BCUT2D eigenvalue weighted by atomic mass is 10.1. The molecule has 103 heavy (non-hydrogen) atoms. The van der Waals surface area contributed by atoms with Crippen molar-refractivity contribution >= 4 is 94.0 Å². The van der Waals surface area contributed by atoms with Crippen LogP contribution in [0.3, 0.4) is 0 Å². The summed E-state index contributed by atoms with van der Waals surface area (Å²) in [6, 6.07) is 63.6. The molecule has 0 saturated carbocycles. The van der Waals surface area contributed by atoms with E-state index >= 15 is 0 Å². The second-order valence-electron chi connectivity index (χ2n) is 26.6. The first-order chi connectivity index (χ1) is 52.1. The predicted octanol–water partition coefficient (Wildman–Crippen LogP) is 13.1. The fraction of sp³-hybridized carbons (Fsp3) is 0.0843. The lowest BCUT2D eigenvalue weighted by Crippen LogP contribution is -2.32. The predicted molar refractivity (Wildman–Crippen MR) is 395 cm³/mol. The minimum Gasteiger partial charge on any atom is -0.414 e. The number of hydrogen-bond donors (Lipinski definition) is 0. The van der Waals surface area contributed by atoms with Crippen LogP contribution in [0.25, 0.3) is 145 Å². The van der Waals surface area contributed by atoms with Gasteiger partial charge in [-0.2, -0.15) is 13.4 Å². The van der Waals surface area contributed by atoms with Gasteiger partial charge in [-0.1, -0.05) is 121 Å². The van der Waals surface area contributed by atoms with E-state index in [4.69, 9.17) is 8.53 Å². The lowest BCUT2D eigenvalue weighted by Gasteiger charge is -2.03. The molecule has 0 amide bonds. The largest absolute Gasteiger partial charge is 0.414 e. The summed E-state index contributed by atoms with van der Waals surface area (Å²) in [5.41, 5.74) is 29.2. The molecule has 0 atom stereocenters. The van der Waals surface area contributed by atoms with Crippen molar-refractivity contribution in [1.82, 2.24) is 60.6 Å². The van der Waals surface area contributed by atoms with Crippen LogP contribution in [-0.4, -0.2) is 60.6 Å². The van der Waals surface area contributed by atoms with Crippen LogP contribution in [0.5, 0.6) is 0 Å². The van der Waals surface area contributed by atoms with Crippen molar-refractivity contribution in [3.8, 4) is 61.9 Å². The number of para-hydroxylation sites is 1. The van der Waals surface area contributed by atoms with Gasteiger partial charge in [-0.3, -0.25) is 34.1 Å². The molecule has 0 bridgehead atoms. The number of aromatic nitrogens is 18. The summed E-state index contributed by atoms with van der Waals surface area (Å²) in [6.07, 6.45) is 28.4. The number of thiazole rings is 1. The molecule has 0 aliphatic carbocycles. The molecule has 0 spiro atoms. The monoisotopic (exact) mass is 1360 g/mol. The molecule has 21 aromatic rings. The summed E-state index contributed by atoms with van der Waals surface area (Å²) < 4.78 is 59.9. The third-order valence-electron chi connectivity index (χ3n) is 21.1. The van der Waals surface area contributed by atoms with Gasteiger partial charge >= 0.3 is 11.3 Å². The number of oxazole rings is 1. The number of hydrogen-bond acceptors (Lipinski definition) is 7. The molecule has 0 unspecified atom stereocenters. The van der Waals surface area contributed by atoms with Gasteiger partial charge in [0.25, 0.3) is 22.8 Å². The van der Waals surface area contributed by atoms with Crippen molar-refractivity contribution in [3.63, 3.8) is 0 Å². The molecule has 0 saturated heterocycles. The summed E-state index contributed by atoms with van der Waals surface area (Å²) in [7, 11) is 2.14. The third kappa shape index (κ3) is 8.43. The highest BCUT2D eigenvalue weighted by molar-refractivity contribution is 7.21. The van der Waals surface area contributed by atoms with Gasteiger partial charge in [-0.15, -0.1) is 0 Å². The van der Waals surface area contributed by atoms with E-state index in [0.29, 0.717) is 12.1 Å². The molecule has 5 aliphatic rings. The van der Waals surface area contributed by atoms with Crippen molar-refractivity contribution in [3.05, 3.63) is 303 Å². The van der Waals surface area contributed by atoms with Gasteiger partial charge in [0, 0.05) is 63.7 Å². The van der Waals surface area contributed by atoms with E-state index in [1.165, 1.54) is 104 Å². The minimum absolute atomic E-state index is 0.680. The van der Waals surface area contributed by atoms with Gasteiger partial charge in [-0.25, -0.2) is 36.0 Å². The zero-order valence-electron chi connectivity index (χ0n) is 58.4. The Morgan fingerprint density at radius 2 is 0.757 bits per heavy atom. The first kappa shape index (κ1) is 54.5. The maximum atomic E-state index is 8.01. The highest BCUT2D eigenvalue weighted by Gasteiger charge is 2.38. The molecule has 5 aliphatic heterocycles. The Hall–Kier alpha value is -13.5. The average Bonchev–Trinajstić information content (AvgIpc) is 1.56. The second kappa shape index (κ2) is 22.0. The number of benzene rings is 6. The lowest BCUT2D eigenvalue weighted by molar-refractivity contribution is -0.651. The van der Waals surface area contributed by atoms with E-state index in [2.05, 4.69) is 233 Å². The van der Waals surface area contributed by atoms with Gasteiger partial charge in [0.05, 0.1) is 141 Å². The fourth-order valence-corrected chi connectivity index (χ4v) is 17.9. The smallest absolute Gasteiger partial charge is 0.333 e. The molecule has 6 aromatic carbocycles. The molecule has 0 fully saturated rings. The van der Waals surface area contributed by atoms with E-state index < -0.39 is 6.98 Å². The summed E-state index contributed by atoms with van der Waals surface area (Å²) in [4.78, 5) is 21.0. The second-order valence-corrected chi connectivity index (χ2v) is 27.7. The normalized spacial score (nSPS) is 13.5. The molecular formula is C83H61N18OS+5. The van der Waals surface area contributed by atoms with Crippen LogP contribution in [0.15, 0.2) is 279 Å². The standard InChI is InChI=1S/C21H15N4.2C16H13N4.C15H10N3O.C15H10N3S/c1-2-7-16(8-3-1)25-19-12-17-13-22-10-11-23(17)21(19)24-14-15-6-4-5-9-18(15)20(24)25;2*1-18-14-8-12-9-17-6-7-19(12)16(14)20-10-11-4-2-3-5-13(11)15(18)20;2*1-2-4-12-10(3-1)9-18-14-13(19-15(12)18)7-11-8-16-5-6-17(11)14/h1-13H,14H2;2*2-9H,10H2,1H3;2*1-8H,9H2/q5*+1/i;1D3;;;. The fourth-order valence-electron chi connectivity index (χ4n) is 16.7. The van der Waals surface area contributed by atoms with Crippen LogP contribution >= 0.6 is 11.3 Å². The quantitative estimate of drug-likeness (QED) is 0.150. The average molecular weight is 1360 g/mol. The molecule has 20 heterocycles. The number of rotatable bonds is 1. The van der Waals surface area contributed by atoms with E-state index in [9.17, 15) is 0 Å². The van der Waals surface area contributed by atoms with E-state index in [0.717, 1.165) is 93.5 Å². The number of fused-ring (bicyclic) bond motifs is 35. The van der Waals surface area contributed by atoms with Gasteiger partial charge in [-0.05, 0) is 42.5 Å². The van der Waals surface area contributed by atoms with Crippen LogP contribution < -0.4 is 22.8 Å². The Bertz CT molecular complexity index is 7080. The number of imidazole rings is 3. The summed E-state index contributed by atoms with van der Waals surface area (Å²) in [5, 5.41) is 1.37. The van der Waals surface area contributed by atoms with Gasteiger partial charge in [0.2, 0.25) is 23.1 Å². The van der Waals surface area contributed by atoms with Gasteiger partial charge in [0.15, 0.2) is 32.6 Å². The van der Waals surface area contributed by atoms with E-state index in [1.54, 1.807) is 18.6 Å². The maximum Gasteiger partial charge on any atom is 0.333 e. The first-order valence-electron chi connectivity index (χ1n) is 35.8. The zero-order valence-corrected chi connectivity index (χ0v) is 56.2. The highest BCUT2D eigenvalue weighted by atomic mass is 32.1. The zero-order chi connectivity index (χ0) is 70.2. The van der Waals surface area contributed by atoms with Gasteiger partial charge < -0.3 is 4.42 Å². The number of nitrogens with zero attached hydrogens (tertiary/aromatic N) is 18. The Balaban J connectivity index is 0.0000000830. The van der Waals surface area contributed by atoms with Crippen LogP contribution in [0.1, 0.15) is 31.9 Å². The van der Waals surface area contributed by atoms with Crippen molar-refractivity contribution in [2.24, 2.45) is 14.0 Å².